The molecular weight excluding hydrogens is 374 g/mol. The zero-order valence-electron chi connectivity index (χ0n) is 16.9. The lowest BCUT2D eigenvalue weighted by molar-refractivity contribution is 0.0912. The molecule has 3 aromatic rings. The van der Waals surface area contributed by atoms with Crippen LogP contribution < -0.4 is 21.5 Å². The van der Waals surface area contributed by atoms with Gasteiger partial charge in [-0.1, -0.05) is 13.8 Å². The average Bonchev–Trinajstić information content (AvgIpc) is 3.13. The molecule has 0 aliphatic rings. The normalized spacial score (nSPS) is 11.5. The average molecular weight is 399 g/mol. The highest BCUT2D eigenvalue weighted by Crippen LogP contribution is 2.21. The van der Waals surface area contributed by atoms with Crippen LogP contribution in [0.4, 0.5) is 17.3 Å². The molecule has 0 unspecified atom stereocenters. The second-order valence-corrected chi connectivity index (χ2v) is 7.54. The van der Waals surface area contributed by atoms with Crippen LogP contribution in [-0.2, 0) is 7.05 Å². The van der Waals surface area contributed by atoms with Gasteiger partial charge in [-0.15, -0.1) is 0 Å². The summed E-state index contributed by atoms with van der Waals surface area (Å²) in [5.74, 6) is 0.652. The number of nitrogens with zero attached hydrogens (tertiary/aromatic N) is 4. The lowest BCUT2D eigenvalue weighted by Gasteiger charge is -2.21. The third-order valence-electron chi connectivity index (χ3n) is 4.51. The van der Waals surface area contributed by atoms with Gasteiger partial charge in [-0.2, -0.15) is 9.61 Å². The maximum absolute atomic E-state index is 12.7. The van der Waals surface area contributed by atoms with Crippen LogP contribution in [-0.4, -0.2) is 50.4 Å². The minimum atomic E-state index is -0.442. The van der Waals surface area contributed by atoms with Crippen LogP contribution >= 0.6 is 0 Å². The lowest BCUT2D eigenvalue weighted by atomic mass is 9.95. The van der Waals surface area contributed by atoms with Crippen LogP contribution in [0.15, 0.2) is 35.4 Å². The molecule has 3 aromatic heterocycles. The molecule has 154 valence electrons. The fourth-order valence-electron chi connectivity index (χ4n) is 2.67. The van der Waals surface area contributed by atoms with E-state index in [-0.39, 0.29) is 18.1 Å². The molecule has 10 nitrogen and oxygen atoms in total. The van der Waals surface area contributed by atoms with Crippen molar-refractivity contribution in [3.8, 4) is 0 Å². The summed E-state index contributed by atoms with van der Waals surface area (Å²) in [5, 5.41) is 22.4. The van der Waals surface area contributed by atoms with Gasteiger partial charge in [0.1, 0.15) is 22.9 Å². The van der Waals surface area contributed by atoms with Crippen molar-refractivity contribution in [1.29, 1.82) is 0 Å². The second kappa shape index (κ2) is 7.92. The van der Waals surface area contributed by atoms with Crippen molar-refractivity contribution >= 4 is 28.9 Å². The molecule has 29 heavy (non-hydrogen) atoms. The predicted molar refractivity (Wildman–Crippen MR) is 111 cm³/mol. The molecule has 0 bridgehead atoms. The Morgan fingerprint density at radius 2 is 2.10 bits per heavy atom. The lowest BCUT2D eigenvalue weighted by Crippen LogP contribution is -2.36. The van der Waals surface area contributed by atoms with E-state index in [2.05, 4.69) is 26.0 Å². The third kappa shape index (κ3) is 4.21. The standard InChI is InChI=1S/C19H25N7O3/c1-19(2,11-27)10-21-17(28)12-9-22-26-15(20-3)8-14(24-16(12)26)23-13-6-5-7-25(4)18(13)29/h5-9,20,27H,10-11H2,1-4H3,(H,21,28)(H,23,24). The first-order valence-electron chi connectivity index (χ1n) is 9.14. The Kier molecular flexibility index (Phi) is 5.55. The van der Waals surface area contributed by atoms with E-state index in [1.54, 1.807) is 38.5 Å². The summed E-state index contributed by atoms with van der Waals surface area (Å²) in [6.45, 7) is 3.95. The van der Waals surface area contributed by atoms with E-state index < -0.39 is 5.41 Å². The Morgan fingerprint density at radius 3 is 2.79 bits per heavy atom. The van der Waals surface area contributed by atoms with E-state index in [0.717, 1.165) is 0 Å². The number of aliphatic hydroxyl groups is 1. The van der Waals surface area contributed by atoms with Gasteiger partial charge in [0.25, 0.3) is 11.5 Å². The first-order valence-corrected chi connectivity index (χ1v) is 9.14. The molecular formula is C19H25N7O3. The molecule has 0 atom stereocenters. The number of hydrogen-bond donors (Lipinski definition) is 4. The quantitative estimate of drug-likeness (QED) is 0.466. The maximum atomic E-state index is 12.7. The molecule has 3 rings (SSSR count). The highest BCUT2D eigenvalue weighted by atomic mass is 16.3. The van der Waals surface area contributed by atoms with Gasteiger partial charge >= 0.3 is 0 Å². The monoisotopic (exact) mass is 399 g/mol. The molecule has 4 N–H and O–H groups in total. The van der Waals surface area contributed by atoms with Gasteiger partial charge in [0.15, 0.2) is 5.65 Å². The van der Waals surface area contributed by atoms with Crippen LogP contribution in [0.3, 0.4) is 0 Å². The molecule has 10 heteroatoms. The highest BCUT2D eigenvalue weighted by molar-refractivity contribution is 6.00. The number of fused-ring (bicyclic) bond motifs is 1. The van der Waals surface area contributed by atoms with Gasteiger partial charge in [0, 0.05) is 44.9 Å². The first kappa shape index (κ1) is 20.3. The molecule has 1 amide bonds. The van der Waals surface area contributed by atoms with E-state index in [0.29, 0.717) is 35.1 Å². The minimum Gasteiger partial charge on any atom is -0.396 e. The fourth-order valence-corrected chi connectivity index (χ4v) is 2.67. The number of pyridine rings is 1. The molecule has 0 aromatic carbocycles. The number of rotatable bonds is 7. The summed E-state index contributed by atoms with van der Waals surface area (Å²) >= 11 is 0. The number of anilines is 3. The molecule has 0 saturated carbocycles. The Morgan fingerprint density at radius 1 is 1.34 bits per heavy atom. The third-order valence-corrected chi connectivity index (χ3v) is 4.51. The van der Waals surface area contributed by atoms with Crippen molar-refractivity contribution in [2.75, 3.05) is 30.8 Å². The first-order chi connectivity index (χ1) is 13.8. The molecule has 0 spiro atoms. The topological polar surface area (TPSA) is 126 Å². The molecule has 0 saturated heterocycles. The van der Waals surface area contributed by atoms with Crippen LogP contribution in [0.1, 0.15) is 24.2 Å². The Labute approximate surface area is 167 Å². The number of nitrogens with one attached hydrogen (secondary N) is 3. The van der Waals surface area contributed by atoms with Gasteiger partial charge < -0.3 is 25.6 Å². The summed E-state index contributed by atoms with van der Waals surface area (Å²) < 4.78 is 2.97. The summed E-state index contributed by atoms with van der Waals surface area (Å²) in [7, 11) is 3.39. The number of hydrogen-bond acceptors (Lipinski definition) is 7. The number of carbonyl (C=O) groups excluding carboxylic acids is 1. The number of aromatic nitrogens is 4. The number of amides is 1. The van der Waals surface area contributed by atoms with Crippen LogP contribution in [0.2, 0.25) is 0 Å². The van der Waals surface area contributed by atoms with Gasteiger partial charge in [-0.3, -0.25) is 9.59 Å². The summed E-state index contributed by atoms with van der Waals surface area (Å²) in [4.78, 5) is 29.4. The van der Waals surface area contributed by atoms with Gasteiger partial charge in [0.05, 0.1) is 6.20 Å². The minimum absolute atomic E-state index is 0.0513. The van der Waals surface area contributed by atoms with Crippen molar-refractivity contribution in [3.05, 3.63) is 46.5 Å². The zero-order valence-corrected chi connectivity index (χ0v) is 16.9. The van der Waals surface area contributed by atoms with Crippen molar-refractivity contribution in [1.82, 2.24) is 24.5 Å². The number of carbonyl (C=O) groups is 1. The van der Waals surface area contributed by atoms with Crippen molar-refractivity contribution in [2.45, 2.75) is 13.8 Å². The smallest absolute Gasteiger partial charge is 0.274 e. The Balaban J connectivity index is 1.97. The number of aliphatic hydroxyl groups excluding tert-OH is 1. The van der Waals surface area contributed by atoms with Crippen molar-refractivity contribution < 1.29 is 9.90 Å². The predicted octanol–water partition coefficient (Wildman–Crippen LogP) is 0.962. The maximum Gasteiger partial charge on any atom is 0.274 e. The zero-order chi connectivity index (χ0) is 21.2. The Hall–Kier alpha value is -3.40. The van der Waals surface area contributed by atoms with Crippen LogP contribution in [0, 0.1) is 5.41 Å². The van der Waals surface area contributed by atoms with Gasteiger partial charge in [0.2, 0.25) is 0 Å². The van der Waals surface area contributed by atoms with E-state index in [1.165, 1.54) is 15.3 Å². The summed E-state index contributed by atoms with van der Waals surface area (Å²) in [6, 6.07) is 5.11. The summed E-state index contributed by atoms with van der Waals surface area (Å²) in [5.41, 5.74) is 0.357. The van der Waals surface area contributed by atoms with E-state index >= 15 is 0 Å². The van der Waals surface area contributed by atoms with Crippen molar-refractivity contribution in [2.24, 2.45) is 12.5 Å². The molecule has 0 fully saturated rings. The van der Waals surface area contributed by atoms with E-state index in [9.17, 15) is 14.7 Å². The molecule has 0 aliphatic carbocycles. The van der Waals surface area contributed by atoms with Gasteiger partial charge in [-0.05, 0) is 12.1 Å². The Bertz CT molecular complexity index is 1100. The van der Waals surface area contributed by atoms with E-state index in [1.807, 2.05) is 13.8 Å². The molecule has 0 radical (unpaired) electrons. The largest absolute Gasteiger partial charge is 0.396 e. The van der Waals surface area contributed by atoms with Crippen molar-refractivity contribution in [3.63, 3.8) is 0 Å². The molecule has 3 heterocycles. The van der Waals surface area contributed by atoms with E-state index in [4.69, 9.17) is 0 Å². The highest BCUT2D eigenvalue weighted by Gasteiger charge is 2.21. The van der Waals surface area contributed by atoms with Gasteiger partial charge in [-0.25, -0.2) is 4.98 Å². The fraction of sp³-hybridized carbons (Fsp3) is 0.368. The van der Waals surface area contributed by atoms with Crippen LogP contribution in [0.25, 0.3) is 5.65 Å². The summed E-state index contributed by atoms with van der Waals surface area (Å²) in [6.07, 6.45) is 3.10. The number of aryl methyl sites for hydroxylation is 1. The second-order valence-electron chi connectivity index (χ2n) is 7.54. The van der Waals surface area contributed by atoms with Crippen LogP contribution in [0.5, 0.6) is 0 Å². The molecule has 0 aliphatic heterocycles. The SMILES string of the molecule is CNc1cc(Nc2cccn(C)c2=O)nc2c(C(=O)NCC(C)(C)CO)cnn12.